The van der Waals surface area contributed by atoms with E-state index in [0.29, 0.717) is 0 Å². The van der Waals surface area contributed by atoms with Gasteiger partial charge < -0.3 is 10.2 Å². The van der Waals surface area contributed by atoms with E-state index < -0.39 is 0 Å². The van der Waals surface area contributed by atoms with Gasteiger partial charge in [-0.2, -0.15) is 0 Å². The Morgan fingerprint density at radius 3 is 2.79 bits per heavy atom. The Hall–Kier alpha value is -1.65. The Bertz CT molecular complexity index is 472. The van der Waals surface area contributed by atoms with Gasteiger partial charge in [0.15, 0.2) is 0 Å². The summed E-state index contributed by atoms with van der Waals surface area (Å²) in [6.07, 6.45) is 2.56. The van der Waals surface area contributed by atoms with Crippen LogP contribution in [-0.4, -0.2) is 39.9 Å². The Kier molecular flexibility index (Phi) is 3.73. The average Bonchev–Trinajstić information content (AvgIpc) is 2.77. The summed E-state index contributed by atoms with van der Waals surface area (Å²) in [5, 5.41) is 3.39. The van der Waals surface area contributed by atoms with Crippen molar-refractivity contribution in [3.8, 4) is 0 Å². The Morgan fingerprint density at radius 2 is 2.21 bits per heavy atom. The third kappa shape index (κ3) is 3.43. The molecule has 0 unspecified atom stereocenters. The minimum absolute atomic E-state index is 0. The van der Waals surface area contributed by atoms with Crippen LogP contribution < -0.4 is 5.32 Å². The zero-order valence-corrected chi connectivity index (χ0v) is 12.1. The summed E-state index contributed by atoms with van der Waals surface area (Å²) in [6, 6.07) is 2.28. The van der Waals surface area contributed by atoms with Gasteiger partial charge in [-0.3, -0.25) is 4.79 Å². The lowest BCUT2D eigenvalue weighted by Crippen LogP contribution is -2.29. The topological polar surface area (TPSA) is 58.1 Å². The highest BCUT2D eigenvalue weighted by molar-refractivity contribution is 5.73. The van der Waals surface area contributed by atoms with Crippen molar-refractivity contribution in [2.24, 2.45) is 0 Å². The SMILES string of the molecule is CC(=O)N1CC[C@@H](Nc2cc(C(C)(C)C)ncn2)C1.[HH]. The fraction of sp³-hybridized carbons (Fsp3) is 0.643. The number of carbonyl (C=O) groups is 1. The van der Waals surface area contributed by atoms with Crippen LogP contribution in [0.5, 0.6) is 0 Å². The molecule has 1 aromatic rings. The molecule has 0 radical (unpaired) electrons. The molecule has 2 heterocycles. The van der Waals surface area contributed by atoms with Gasteiger partial charge in [0, 0.05) is 39.0 Å². The second-order valence-corrected chi connectivity index (χ2v) is 6.13. The molecule has 1 N–H and O–H groups in total. The molecule has 5 heteroatoms. The maximum atomic E-state index is 11.3. The normalized spacial score (nSPS) is 19.6. The number of nitrogens with zero attached hydrogens (tertiary/aromatic N) is 3. The Labute approximate surface area is 115 Å². The molecule has 0 aliphatic carbocycles. The molecule has 1 aliphatic heterocycles. The third-order valence-electron chi connectivity index (χ3n) is 3.42. The lowest BCUT2D eigenvalue weighted by molar-refractivity contribution is -0.127. The van der Waals surface area contributed by atoms with E-state index in [2.05, 4.69) is 36.1 Å². The van der Waals surface area contributed by atoms with Gasteiger partial charge in [0.25, 0.3) is 0 Å². The molecule has 1 aliphatic rings. The number of aromatic nitrogens is 2. The quantitative estimate of drug-likeness (QED) is 0.888. The molecule has 1 fully saturated rings. The average molecular weight is 264 g/mol. The molecule has 0 saturated carbocycles. The molecular weight excluding hydrogens is 240 g/mol. The summed E-state index contributed by atoms with van der Waals surface area (Å²) in [7, 11) is 0. The first-order chi connectivity index (χ1) is 8.86. The monoisotopic (exact) mass is 264 g/mol. The second-order valence-electron chi connectivity index (χ2n) is 6.13. The molecule has 1 atom stereocenters. The minimum atomic E-state index is 0. The highest BCUT2D eigenvalue weighted by Crippen LogP contribution is 2.22. The van der Waals surface area contributed by atoms with Gasteiger partial charge in [0.1, 0.15) is 12.1 Å². The van der Waals surface area contributed by atoms with Crippen molar-refractivity contribution in [2.75, 3.05) is 18.4 Å². The molecule has 1 saturated heterocycles. The van der Waals surface area contributed by atoms with Crippen molar-refractivity contribution in [3.63, 3.8) is 0 Å². The smallest absolute Gasteiger partial charge is 0.219 e. The van der Waals surface area contributed by atoms with Crippen molar-refractivity contribution in [2.45, 2.75) is 45.6 Å². The van der Waals surface area contributed by atoms with Crippen LogP contribution in [-0.2, 0) is 10.2 Å². The number of hydrogen-bond donors (Lipinski definition) is 1. The predicted octanol–water partition coefficient (Wildman–Crippen LogP) is 2.05. The molecule has 0 spiro atoms. The van der Waals surface area contributed by atoms with Crippen LogP contribution in [0, 0.1) is 0 Å². The fourth-order valence-electron chi connectivity index (χ4n) is 2.22. The minimum Gasteiger partial charge on any atom is -0.365 e. The molecule has 1 aromatic heterocycles. The number of amides is 1. The first-order valence-corrected chi connectivity index (χ1v) is 6.71. The van der Waals surface area contributed by atoms with Crippen molar-refractivity contribution in [1.82, 2.24) is 14.9 Å². The Morgan fingerprint density at radius 1 is 1.47 bits per heavy atom. The number of rotatable bonds is 2. The summed E-state index contributed by atoms with van der Waals surface area (Å²) in [4.78, 5) is 21.7. The van der Waals surface area contributed by atoms with E-state index >= 15 is 0 Å². The number of carbonyl (C=O) groups excluding carboxylic acids is 1. The zero-order chi connectivity index (χ0) is 14.0. The van der Waals surface area contributed by atoms with Crippen LogP contribution >= 0.6 is 0 Å². The standard InChI is InChI=1S/C14H22N4O.H2/c1-10(19)18-6-5-11(8-18)17-13-7-12(14(2,3)4)15-9-16-13;/h7,9,11H,5-6,8H2,1-4H3,(H,15,16,17);1H/t11-;/m1./s1. The van der Waals surface area contributed by atoms with Gasteiger partial charge >= 0.3 is 0 Å². The van der Waals surface area contributed by atoms with Gasteiger partial charge in [0.2, 0.25) is 5.91 Å². The van der Waals surface area contributed by atoms with Gasteiger partial charge in [0.05, 0.1) is 5.69 Å². The maximum absolute atomic E-state index is 11.3. The summed E-state index contributed by atoms with van der Waals surface area (Å²) >= 11 is 0. The van der Waals surface area contributed by atoms with Crippen LogP contribution in [0.3, 0.4) is 0 Å². The first-order valence-electron chi connectivity index (χ1n) is 6.71. The van der Waals surface area contributed by atoms with E-state index in [-0.39, 0.29) is 18.8 Å². The molecular formula is C14H24N4O. The molecule has 0 aromatic carbocycles. The third-order valence-corrected chi connectivity index (χ3v) is 3.42. The zero-order valence-electron chi connectivity index (χ0n) is 12.1. The van der Waals surface area contributed by atoms with Crippen LogP contribution in [0.4, 0.5) is 5.82 Å². The molecule has 19 heavy (non-hydrogen) atoms. The number of hydrogen-bond acceptors (Lipinski definition) is 4. The first kappa shape index (κ1) is 13.8. The lowest BCUT2D eigenvalue weighted by Gasteiger charge is -2.19. The molecule has 2 rings (SSSR count). The maximum Gasteiger partial charge on any atom is 0.219 e. The summed E-state index contributed by atoms with van der Waals surface area (Å²) in [6.45, 7) is 9.59. The number of likely N-dealkylation sites (tertiary alicyclic amines) is 1. The van der Waals surface area contributed by atoms with Crippen molar-refractivity contribution in [3.05, 3.63) is 18.1 Å². The van der Waals surface area contributed by atoms with Crippen molar-refractivity contribution < 1.29 is 6.22 Å². The largest absolute Gasteiger partial charge is 0.365 e. The fourth-order valence-corrected chi connectivity index (χ4v) is 2.22. The highest BCUT2D eigenvalue weighted by atomic mass is 16.2. The van der Waals surface area contributed by atoms with E-state index in [1.54, 1.807) is 13.3 Å². The van der Waals surface area contributed by atoms with Gasteiger partial charge in [-0.25, -0.2) is 9.97 Å². The number of nitrogens with one attached hydrogen (secondary N) is 1. The van der Waals surface area contributed by atoms with E-state index in [4.69, 9.17) is 0 Å². The molecule has 5 nitrogen and oxygen atoms in total. The van der Waals surface area contributed by atoms with E-state index in [1.165, 1.54) is 0 Å². The summed E-state index contributed by atoms with van der Waals surface area (Å²) in [5.74, 6) is 0.984. The van der Waals surface area contributed by atoms with Crippen LogP contribution in [0.25, 0.3) is 0 Å². The van der Waals surface area contributed by atoms with Crippen molar-refractivity contribution >= 4 is 11.7 Å². The van der Waals surface area contributed by atoms with E-state index in [9.17, 15) is 4.79 Å². The van der Waals surface area contributed by atoms with Gasteiger partial charge in [-0.05, 0) is 6.42 Å². The lowest BCUT2D eigenvalue weighted by atomic mass is 9.92. The Balaban J connectivity index is 0.00000200. The van der Waals surface area contributed by atoms with Crippen LogP contribution in [0.1, 0.15) is 41.2 Å². The van der Waals surface area contributed by atoms with Crippen molar-refractivity contribution in [1.29, 1.82) is 0 Å². The second kappa shape index (κ2) is 5.15. The van der Waals surface area contributed by atoms with E-state index in [0.717, 1.165) is 31.0 Å². The highest BCUT2D eigenvalue weighted by Gasteiger charge is 2.24. The van der Waals surface area contributed by atoms with Gasteiger partial charge in [-0.15, -0.1) is 0 Å². The molecule has 1 amide bonds. The molecule has 0 bridgehead atoms. The molecule has 106 valence electrons. The summed E-state index contributed by atoms with van der Waals surface area (Å²) in [5.41, 5.74) is 1.03. The summed E-state index contributed by atoms with van der Waals surface area (Å²) < 4.78 is 0. The van der Waals surface area contributed by atoms with Crippen LogP contribution in [0.15, 0.2) is 12.4 Å². The predicted molar refractivity (Wildman–Crippen MR) is 77.1 cm³/mol. The van der Waals surface area contributed by atoms with Gasteiger partial charge in [-0.1, -0.05) is 20.8 Å². The van der Waals surface area contributed by atoms with Crippen LogP contribution in [0.2, 0.25) is 0 Å². The van der Waals surface area contributed by atoms with E-state index in [1.807, 2.05) is 11.0 Å². The number of anilines is 1.